The number of H-pyrrole nitrogens is 1. The number of amides is 1. The van der Waals surface area contributed by atoms with Crippen LogP contribution in [0.5, 0.6) is 0 Å². The number of aromatic amines is 1. The Hall–Kier alpha value is -3.62. The molecule has 1 atom stereocenters. The number of ether oxygens (including phenoxy) is 1. The molecule has 1 aromatic carbocycles. The summed E-state index contributed by atoms with van der Waals surface area (Å²) in [6.45, 7) is 1.12. The van der Waals surface area contributed by atoms with Gasteiger partial charge in [-0.15, -0.1) is 0 Å². The van der Waals surface area contributed by atoms with E-state index in [0.29, 0.717) is 45.7 Å². The Labute approximate surface area is 211 Å². The average molecular weight is 516 g/mol. The minimum atomic E-state index is -1.23. The molecule has 3 heterocycles. The van der Waals surface area contributed by atoms with Crippen LogP contribution in [0, 0.1) is 11.6 Å². The van der Waals surface area contributed by atoms with Crippen LogP contribution >= 0.6 is 0 Å². The van der Waals surface area contributed by atoms with Gasteiger partial charge in [0.1, 0.15) is 23.4 Å². The van der Waals surface area contributed by atoms with Gasteiger partial charge in [0.15, 0.2) is 17.2 Å². The van der Waals surface area contributed by atoms with Crippen molar-refractivity contribution in [3.8, 4) is 11.5 Å². The number of carbonyl (C=O) groups excluding carboxylic acids is 1. The SMILES string of the molecule is COBNCCCc1[nH]c(-c2nn(C3CCCCO3)cc2NC(=O)c2c(F)cccc2F)nc1C(=O)O. The zero-order valence-corrected chi connectivity index (χ0v) is 20.2. The number of nitrogens with zero attached hydrogens (tertiary/aromatic N) is 3. The van der Waals surface area contributed by atoms with Crippen molar-refractivity contribution in [1.29, 1.82) is 0 Å². The standard InChI is InChI=1S/C23H27BF2N6O5/c1-36-24-27-10-5-8-15-20(23(34)35)30-21(28-15)19-16(12-32(31-19)17-9-2-3-11-37-17)29-22(33)18-13(25)6-4-7-14(18)26/h4,6-7,12,17,24,27H,2-3,5,8-11H2,1H3,(H,28,30)(H,29,33)(H,34,35). The second kappa shape index (κ2) is 12.1. The van der Waals surface area contributed by atoms with Crippen molar-refractivity contribution in [1.82, 2.24) is 25.0 Å². The first-order valence-corrected chi connectivity index (χ1v) is 11.9. The molecular weight excluding hydrogens is 489 g/mol. The van der Waals surface area contributed by atoms with E-state index in [1.54, 1.807) is 7.11 Å². The molecule has 1 fully saturated rings. The minimum Gasteiger partial charge on any atom is -0.476 e. The molecule has 0 radical (unpaired) electrons. The second-order valence-electron chi connectivity index (χ2n) is 8.50. The molecule has 1 amide bonds. The smallest absolute Gasteiger partial charge is 0.360 e. The topological polar surface area (TPSA) is 143 Å². The van der Waals surface area contributed by atoms with Gasteiger partial charge in [-0.1, -0.05) is 6.07 Å². The van der Waals surface area contributed by atoms with Crippen LogP contribution < -0.4 is 10.5 Å². The first-order valence-electron chi connectivity index (χ1n) is 11.9. The Kier molecular flexibility index (Phi) is 8.64. The molecule has 0 spiro atoms. The van der Waals surface area contributed by atoms with E-state index in [2.05, 4.69) is 25.6 Å². The van der Waals surface area contributed by atoms with Gasteiger partial charge in [0.2, 0.25) is 0 Å². The van der Waals surface area contributed by atoms with E-state index >= 15 is 0 Å². The van der Waals surface area contributed by atoms with Gasteiger partial charge >= 0.3 is 13.6 Å². The van der Waals surface area contributed by atoms with Crippen molar-refractivity contribution < 1.29 is 32.9 Å². The predicted molar refractivity (Wildman–Crippen MR) is 130 cm³/mol. The van der Waals surface area contributed by atoms with Crippen LogP contribution in [0.1, 0.15) is 58.5 Å². The summed E-state index contributed by atoms with van der Waals surface area (Å²) in [7, 11) is 1.93. The highest BCUT2D eigenvalue weighted by atomic mass is 19.1. The van der Waals surface area contributed by atoms with Gasteiger partial charge in [-0.2, -0.15) is 5.10 Å². The number of anilines is 1. The predicted octanol–water partition coefficient (Wildman–Crippen LogP) is 2.64. The Morgan fingerprint density at radius 3 is 2.78 bits per heavy atom. The molecule has 1 aliphatic rings. The summed E-state index contributed by atoms with van der Waals surface area (Å²) in [5.74, 6) is -4.18. The number of benzene rings is 1. The van der Waals surface area contributed by atoms with E-state index in [4.69, 9.17) is 9.39 Å². The number of imidazole rings is 1. The summed E-state index contributed by atoms with van der Waals surface area (Å²) < 4.78 is 40.7. The fourth-order valence-corrected chi connectivity index (χ4v) is 4.08. The van der Waals surface area contributed by atoms with Gasteiger partial charge in [-0.05, 0) is 50.8 Å². The quantitative estimate of drug-likeness (QED) is 0.225. The van der Waals surface area contributed by atoms with Crippen molar-refractivity contribution in [3.63, 3.8) is 0 Å². The average Bonchev–Trinajstić information content (AvgIpc) is 3.49. The molecular formula is C23H27BF2N6O5. The van der Waals surface area contributed by atoms with Gasteiger partial charge < -0.3 is 30.0 Å². The van der Waals surface area contributed by atoms with Crippen LogP contribution in [0.25, 0.3) is 11.5 Å². The fraction of sp³-hybridized carbons (Fsp3) is 0.391. The maximum absolute atomic E-state index is 14.2. The van der Waals surface area contributed by atoms with E-state index in [1.807, 2.05) is 0 Å². The van der Waals surface area contributed by atoms with Crippen molar-refractivity contribution >= 4 is 25.2 Å². The Morgan fingerprint density at radius 2 is 2.11 bits per heavy atom. The van der Waals surface area contributed by atoms with Gasteiger partial charge in [-0.25, -0.2) is 23.2 Å². The number of carbonyl (C=O) groups is 2. The number of hydrogen-bond donors (Lipinski definition) is 4. The molecule has 11 nitrogen and oxygen atoms in total. The molecule has 14 heteroatoms. The molecule has 0 aliphatic carbocycles. The van der Waals surface area contributed by atoms with E-state index in [-0.39, 0.29) is 22.9 Å². The number of rotatable bonds is 11. The molecule has 0 saturated carbocycles. The highest BCUT2D eigenvalue weighted by Crippen LogP contribution is 2.31. The molecule has 196 valence electrons. The van der Waals surface area contributed by atoms with Crippen molar-refractivity contribution in [2.75, 3.05) is 25.6 Å². The van der Waals surface area contributed by atoms with E-state index in [1.165, 1.54) is 10.9 Å². The fourth-order valence-electron chi connectivity index (χ4n) is 4.08. The lowest BCUT2D eigenvalue weighted by Gasteiger charge is -2.22. The monoisotopic (exact) mass is 516 g/mol. The van der Waals surface area contributed by atoms with Crippen LogP contribution in [0.4, 0.5) is 14.5 Å². The summed E-state index contributed by atoms with van der Waals surface area (Å²) >= 11 is 0. The van der Waals surface area contributed by atoms with Crippen LogP contribution in [0.3, 0.4) is 0 Å². The van der Waals surface area contributed by atoms with Gasteiger partial charge in [0.25, 0.3) is 5.91 Å². The number of hydrogen-bond acceptors (Lipinski definition) is 7. The van der Waals surface area contributed by atoms with Crippen molar-refractivity contribution in [2.24, 2.45) is 0 Å². The first-order chi connectivity index (χ1) is 17.9. The van der Waals surface area contributed by atoms with Crippen molar-refractivity contribution in [3.05, 3.63) is 53.0 Å². The lowest BCUT2D eigenvalue weighted by atomic mass is 10.1. The normalized spacial score (nSPS) is 15.5. The highest BCUT2D eigenvalue weighted by Gasteiger charge is 2.26. The maximum Gasteiger partial charge on any atom is 0.360 e. The molecule has 4 rings (SSSR count). The maximum atomic E-state index is 14.2. The Morgan fingerprint density at radius 1 is 1.32 bits per heavy atom. The van der Waals surface area contributed by atoms with E-state index < -0.39 is 35.3 Å². The van der Waals surface area contributed by atoms with Gasteiger partial charge in [-0.3, -0.25) is 4.79 Å². The number of carboxylic acids is 1. The van der Waals surface area contributed by atoms with E-state index in [0.717, 1.165) is 31.0 Å². The summed E-state index contributed by atoms with van der Waals surface area (Å²) in [6.07, 6.45) is 4.54. The molecule has 4 N–H and O–H groups in total. The lowest BCUT2D eigenvalue weighted by Crippen LogP contribution is -2.22. The number of aromatic carboxylic acids is 1. The minimum absolute atomic E-state index is 0.0936. The molecule has 1 saturated heterocycles. The zero-order valence-electron chi connectivity index (χ0n) is 20.2. The number of nitrogens with one attached hydrogen (secondary N) is 3. The van der Waals surface area contributed by atoms with Gasteiger partial charge in [0, 0.05) is 13.7 Å². The summed E-state index contributed by atoms with van der Waals surface area (Å²) in [5.41, 5.74) is -0.332. The van der Waals surface area contributed by atoms with Crippen LogP contribution in [0.15, 0.2) is 24.4 Å². The molecule has 0 bridgehead atoms. The molecule has 1 unspecified atom stereocenters. The lowest BCUT2D eigenvalue weighted by molar-refractivity contribution is -0.0393. The number of aromatic nitrogens is 4. The van der Waals surface area contributed by atoms with Crippen molar-refractivity contribution in [2.45, 2.75) is 38.3 Å². The number of halogens is 2. The summed E-state index contributed by atoms with van der Waals surface area (Å²) in [6, 6.07) is 3.13. The van der Waals surface area contributed by atoms with Crippen LogP contribution in [-0.2, 0) is 15.8 Å². The van der Waals surface area contributed by atoms with Crippen LogP contribution in [-0.4, -0.2) is 64.6 Å². The molecule has 2 aromatic heterocycles. The van der Waals surface area contributed by atoms with Gasteiger partial charge in [0.05, 0.1) is 17.6 Å². The number of carboxylic acid groups (broad SMARTS) is 1. The highest BCUT2D eigenvalue weighted by molar-refractivity contribution is 6.23. The first kappa shape index (κ1) is 26.4. The molecule has 37 heavy (non-hydrogen) atoms. The van der Waals surface area contributed by atoms with E-state index in [9.17, 15) is 23.5 Å². The Balaban J connectivity index is 1.67. The second-order valence-corrected chi connectivity index (χ2v) is 8.50. The zero-order chi connectivity index (χ0) is 26.4. The third-order valence-corrected chi connectivity index (χ3v) is 5.85. The number of aryl methyl sites for hydroxylation is 1. The summed E-state index contributed by atoms with van der Waals surface area (Å²) in [5, 5.41) is 19.7. The summed E-state index contributed by atoms with van der Waals surface area (Å²) in [4.78, 5) is 31.9. The largest absolute Gasteiger partial charge is 0.476 e. The Bertz CT molecular complexity index is 1240. The van der Waals surface area contributed by atoms with Crippen LogP contribution in [0.2, 0.25) is 0 Å². The third-order valence-electron chi connectivity index (χ3n) is 5.85. The third kappa shape index (κ3) is 6.21. The molecule has 1 aliphatic heterocycles. The molecule has 3 aromatic rings.